The SMILES string of the molecule is O=C(CCCCCCCCCCCc1ccccc1)CC(=O)N[C@H]1CCOC1=O. The van der Waals surface area contributed by atoms with E-state index in [0.717, 1.165) is 19.3 Å². The van der Waals surface area contributed by atoms with Crippen LogP contribution >= 0.6 is 0 Å². The van der Waals surface area contributed by atoms with Crippen LogP contribution in [-0.4, -0.2) is 30.3 Å². The molecule has 29 heavy (non-hydrogen) atoms. The Morgan fingerprint density at radius 1 is 0.897 bits per heavy atom. The fraction of sp³-hybridized carbons (Fsp3) is 0.625. The summed E-state index contributed by atoms with van der Waals surface area (Å²) in [5.41, 5.74) is 1.43. The fourth-order valence-electron chi connectivity index (χ4n) is 3.67. The van der Waals surface area contributed by atoms with Gasteiger partial charge in [0, 0.05) is 12.8 Å². The van der Waals surface area contributed by atoms with Crippen LogP contribution in [0.3, 0.4) is 0 Å². The van der Waals surface area contributed by atoms with Crippen LogP contribution in [0.15, 0.2) is 30.3 Å². The summed E-state index contributed by atoms with van der Waals surface area (Å²) in [6, 6.07) is 10.1. The third-order valence-corrected chi connectivity index (χ3v) is 5.39. The molecule has 1 aliphatic rings. The highest BCUT2D eigenvalue weighted by atomic mass is 16.5. The highest BCUT2D eigenvalue weighted by molar-refractivity contribution is 5.99. The molecule has 5 nitrogen and oxygen atoms in total. The normalized spacial score (nSPS) is 15.9. The Hall–Kier alpha value is -2.17. The second kappa shape index (κ2) is 13.9. The van der Waals surface area contributed by atoms with Crippen LogP contribution in [0.1, 0.15) is 82.6 Å². The van der Waals surface area contributed by atoms with Crippen LogP contribution in [0, 0.1) is 0 Å². The first-order valence-corrected chi connectivity index (χ1v) is 11.2. The summed E-state index contributed by atoms with van der Waals surface area (Å²) in [5, 5.41) is 2.57. The van der Waals surface area contributed by atoms with Crippen molar-refractivity contribution in [2.45, 2.75) is 89.5 Å². The number of amides is 1. The van der Waals surface area contributed by atoms with E-state index in [1.165, 1.54) is 50.5 Å². The molecule has 2 rings (SSSR count). The third-order valence-electron chi connectivity index (χ3n) is 5.39. The van der Waals surface area contributed by atoms with Crippen molar-refractivity contribution in [1.82, 2.24) is 5.32 Å². The zero-order chi connectivity index (χ0) is 20.7. The van der Waals surface area contributed by atoms with Crippen LogP contribution in [0.4, 0.5) is 0 Å². The molecule has 5 heteroatoms. The first kappa shape index (κ1) is 23.1. The maximum Gasteiger partial charge on any atom is 0.328 e. The van der Waals surface area contributed by atoms with Crippen molar-refractivity contribution in [2.24, 2.45) is 0 Å². The van der Waals surface area contributed by atoms with Crippen molar-refractivity contribution >= 4 is 17.7 Å². The maximum absolute atomic E-state index is 11.9. The summed E-state index contributed by atoms with van der Waals surface area (Å²) in [6.45, 7) is 0.339. The Bertz CT molecular complexity index is 629. The van der Waals surface area contributed by atoms with Crippen LogP contribution in [0.5, 0.6) is 0 Å². The monoisotopic (exact) mass is 401 g/mol. The maximum atomic E-state index is 11.9. The van der Waals surface area contributed by atoms with E-state index in [-0.39, 0.29) is 18.1 Å². The number of hydrogen-bond acceptors (Lipinski definition) is 4. The molecule has 1 N–H and O–H groups in total. The van der Waals surface area contributed by atoms with Gasteiger partial charge in [0.2, 0.25) is 5.91 Å². The third kappa shape index (κ3) is 10.2. The minimum absolute atomic E-state index is 0.0488. The number of Topliss-reactive ketones (excluding diaryl/α,β-unsaturated/α-hetero) is 1. The number of cyclic esters (lactones) is 1. The number of carbonyl (C=O) groups is 3. The number of benzene rings is 1. The van der Waals surface area contributed by atoms with Crippen LogP contribution in [0.25, 0.3) is 0 Å². The van der Waals surface area contributed by atoms with Gasteiger partial charge >= 0.3 is 5.97 Å². The van der Waals surface area contributed by atoms with E-state index < -0.39 is 12.0 Å². The molecule has 0 aliphatic carbocycles. The molecule has 0 spiro atoms. The van der Waals surface area contributed by atoms with Crippen molar-refractivity contribution in [3.8, 4) is 0 Å². The van der Waals surface area contributed by atoms with Gasteiger partial charge in [0.25, 0.3) is 0 Å². The predicted octanol–water partition coefficient (Wildman–Crippen LogP) is 4.52. The number of aryl methyl sites for hydroxylation is 1. The summed E-state index contributed by atoms with van der Waals surface area (Å²) in [7, 11) is 0. The van der Waals surface area contributed by atoms with Crippen molar-refractivity contribution in [3.63, 3.8) is 0 Å². The summed E-state index contributed by atoms with van der Waals surface area (Å²) >= 11 is 0. The van der Waals surface area contributed by atoms with Crippen LogP contribution < -0.4 is 5.32 Å². The van der Waals surface area contributed by atoms with Crippen LogP contribution in [-0.2, 0) is 25.5 Å². The van der Waals surface area contributed by atoms with E-state index in [1.54, 1.807) is 0 Å². The van der Waals surface area contributed by atoms with Crippen molar-refractivity contribution in [2.75, 3.05) is 6.61 Å². The summed E-state index contributed by atoms with van der Waals surface area (Å²) in [4.78, 5) is 35.0. The van der Waals surface area contributed by atoms with Gasteiger partial charge in [0.1, 0.15) is 11.8 Å². The minimum Gasteiger partial charge on any atom is -0.464 e. The topological polar surface area (TPSA) is 72.5 Å². The molecule has 0 bridgehead atoms. The number of rotatable bonds is 15. The molecule has 0 saturated carbocycles. The Kier molecular flexibility index (Phi) is 11.1. The van der Waals surface area contributed by atoms with E-state index >= 15 is 0 Å². The van der Waals surface area contributed by atoms with E-state index in [0.29, 0.717) is 19.4 Å². The molecule has 0 radical (unpaired) electrons. The molecule has 1 heterocycles. The highest BCUT2D eigenvalue weighted by Crippen LogP contribution is 2.13. The van der Waals surface area contributed by atoms with E-state index in [2.05, 4.69) is 35.6 Å². The second-order valence-electron chi connectivity index (χ2n) is 7.96. The lowest BCUT2D eigenvalue weighted by Crippen LogP contribution is -2.38. The van der Waals surface area contributed by atoms with Gasteiger partial charge in [-0.25, -0.2) is 4.79 Å². The lowest BCUT2D eigenvalue weighted by Gasteiger charge is -2.08. The molecule has 1 amide bonds. The second-order valence-corrected chi connectivity index (χ2v) is 7.96. The van der Waals surface area contributed by atoms with Gasteiger partial charge in [0.05, 0.1) is 13.0 Å². The summed E-state index contributed by atoms with van der Waals surface area (Å²) in [5.74, 6) is -0.819. The number of esters is 1. The number of ether oxygens (including phenoxy) is 1. The first-order valence-electron chi connectivity index (χ1n) is 11.2. The number of unbranched alkanes of at least 4 members (excludes halogenated alkanes) is 8. The summed E-state index contributed by atoms with van der Waals surface area (Å²) in [6.07, 6.45) is 12.6. The number of nitrogens with one attached hydrogen (secondary N) is 1. The largest absolute Gasteiger partial charge is 0.464 e. The Labute approximate surface area is 174 Å². The van der Waals surface area contributed by atoms with Gasteiger partial charge in [0.15, 0.2) is 0 Å². The molecule has 1 atom stereocenters. The molecular formula is C24H35NO4. The zero-order valence-electron chi connectivity index (χ0n) is 17.5. The van der Waals surface area contributed by atoms with E-state index in [1.807, 2.05) is 0 Å². The molecule has 1 aromatic carbocycles. The molecule has 0 aromatic heterocycles. The minimum atomic E-state index is -0.575. The average Bonchev–Trinajstić information content (AvgIpc) is 3.11. The van der Waals surface area contributed by atoms with Crippen molar-refractivity contribution in [3.05, 3.63) is 35.9 Å². The molecule has 160 valence electrons. The van der Waals surface area contributed by atoms with Crippen molar-refractivity contribution < 1.29 is 19.1 Å². The smallest absolute Gasteiger partial charge is 0.328 e. The van der Waals surface area contributed by atoms with Crippen molar-refractivity contribution in [1.29, 1.82) is 0 Å². The van der Waals surface area contributed by atoms with Gasteiger partial charge in [-0.15, -0.1) is 0 Å². The van der Waals surface area contributed by atoms with Gasteiger partial charge in [-0.3, -0.25) is 9.59 Å². The number of ketones is 1. The van der Waals surface area contributed by atoms with Gasteiger partial charge in [-0.05, 0) is 24.8 Å². The summed E-state index contributed by atoms with van der Waals surface area (Å²) < 4.78 is 4.79. The predicted molar refractivity (Wildman–Crippen MR) is 113 cm³/mol. The lowest BCUT2D eigenvalue weighted by atomic mass is 10.0. The fourth-order valence-corrected chi connectivity index (χ4v) is 3.67. The molecule has 0 unspecified atom stereocenters. The molecular weight excluding hydrogens is 366 g/mol. The Morgan fingerprint density at radius 3 is 2.14 bits per heavy atom. The standard InChI is InChI=1S/C24H35NO4/c26-21(19-23(27)25-22-17-18-29-24(22)28)16-12-7-5-3-1-2-4-6-9-13-20-14-10-8-11-15-20/h8,10-11,14-15,22H,1-7,9,12-13,16-19H2,(H,25,27)/t22-/m0/s1. The zero-order valence-corrected chi connectivity index (χ0v) is 17.5. The quantitative estimate of drug-likeness (QED) is 0.266. The molecule has 1 aromatic rings. The number of hydrogen-bond donors (Lipinski definition) is 1. The Morgan fingerprint density at radius 2 is 1.52 bits per heavy atom. The van der Waals surface area contributed by atoms with Gasteiger partial charge in [-0.1, -0.05) is 75.3 Å². The molecule has 1 aliphatic heterocycles. The van der Waals surface area contributed by atoms with Gasteiger partial charge < -0.3 is 10.1 Å². The lowest BCUT2D eigenvalue weighted by molar-refractivity contribution is -0.142. The first-order chi connectivity index (χ1) is 14.1. The number of carbonyl (C=O) groups excluding carboxylic acids is 3. The Balaban J connectivity index is 1.35. The van der Waals surface area contributed by atoms with E-state index in [9.17, 15) is 14.4 Å². The molecule has 1 fully saturated rings. The van der Waals surface area contributed by atoms with E-state index in [4.69, 9.17) is 4.74 Å². The average molecular weight is 402 g/mol. The van der Waals surface area contributed by atoms with Gasteiger partial charge in [-0.2, -0.15) is 0 Å². The van der Waals surface area contributed by atoms with Crippen LogP contribution in [0.2, 0.25) is 0 Å². The highest BCUT2D eigenvalue weighted by Gasteiger charge is 2.28. The molecule has 1 saturated heterocycles.